The predicted molar refractivity (Wildman–Crippen MR) is 84.2 cm³/mol. The van der Waals surface area contributed by atoms with Gasteiger partial charge in [0.15, 0.2) is 15.8 Å². The van der Waals surface area contributed by atoms with Gasteiger partial charge in [0.1, 0.15) is 0 Å². The third kappa shape index (κ3) is 4.10. The molecule has 0 aromatic carbocycles. The van der Waals surface area contributed by atoms with Gasteiger partial charge < -0.3 is 15.4 Å². The van der Waals surface area contributed by atoms with Gasteiger partial charge >= 0.3 is 0 Å². The molecule has 0 unspecified atom stereocenters. The number of sulfone groups is 1. The third-order valence-electron chi connectivity index (χ3n) is 4.65. The zero-order valence-corrected chi connectivity index (χ0v) is 13.7. The Morgan fingerprint density at radius 2 is 1.76 bits per heavy atom. The first-order valence-corrected chi connectivity index (χ1v) is 9.66. The van der Waals surface area contributed by atoms with Crippen molar-refractivity contribution in [1.29, 1.82) is 0 Å². The molecule has 2 heterocycles. The number of nitrogens with zero attached hydrogens (tertiary/aromatic N) is 2. The fourth-order valence-corrected chi connectivity index (χ4v) is 4.22. The van der Waals surface area contributed by atoms with Gasteiger partial charge in [0.25, 0.3) is 0 Å². The summed E-state index contributed by atoms with van der Waals surface area (Å²) in [6.07, 6.45) is 7.02. The molecule has 0 aromatic rings. The lowest BCUT2D eigenvalue weighted by atomic mass is 9.99. The minimum Gasteiger partial charge on any atom is -0.381 e. The van der Waals surface area contributed by atoms with E-state index in [2.05, 4.69) is 9.89 Å². The molecule has 0 radical (unpaired) electrons. The Morgan fingerprint density at radius 1 is 1.19 bits per heavy atom. The highest BCUT2D eigenvalue weighted by Crippen LogP contribution is 2.29. The minimum absolute atomic E-state index is 0.248. The largest absolute Gasteiger partial charge is 0.381 e. The fraction of sp³-hybridized carbons (Fsp3) is 0.929. The lowest BCUT2D eigenvalue weighted by Crippen LogP contribution is -2.47. The Kier molecular flexibility index (Phi) is 5.48. The first kappa shape index (κ1) is 16.5. The summed E-state index contributed by atoms with van der Waals surface area (Å²) in [6, 6.07) is 0. The molecule has 2 aliphatic heterocycles. The summed E-state index contributed by atoms with van der Waals surface area (Å²) in [5, 5.41) is 0. The molecular formula is C14H27N3O3S. The molecule has 122 valence electrons. The molecule has 0 aromatic heterocycles. The lowest BCUT2D eigenvalue weighted by Gasteiger charge is -2.34. The van der Waals surface area contributed by atoms with Crippen LogP contribution in [0.3, 0.4) is 0 Å². The minimum atomic E-state index is -3.18. The van der Waals surface area contributed by atoms with E-state index >= 15 is 0 Å². The third-order valence-corrected chi connectivity index (χ3v) is 6.76. The highest BCUT2D eigenvalue weighted by Gasteiger charge is 2.42. The maximum Gasteiger partial charge on any atom is 0.191 e. The summed E-state index contributed by atoms with van der Waals surface area (Å²) in [5.41, 5.74) is 6.09. The number of nitrogens with two attached hydrogens (primary N) is 1. The first-order chi connectivity index (χ1) is 9.95. The van der Waals surface area contributed by atoms with E-state index in [1.54, 1.807) is 0 Å². The summed E-state index contributed by atoms with van der Waals surface area (Å²) in [4.78, 5) is 6.52. The van der Waals surface area contributed by atoms with Crippen LogP contribution in [0.2, 0.25) is 0 Å². The van der Waals surface area contributed by atoms with Crippen molar-refractivity contribution in [2.75, 3.05) is 39.1 Å². The zero-order valence-electron chi connectivity index (χ0n) is 12.9. The molecule has 0 atom stereocenters. The van der Waals surface area contributed by atoms with Crippen LogP contribution < -0.4 is 5.73 Å². The number of ether oxygens (including phenoxy) is 1. The van der Waals surface area contributed by atoms with Crippen LogP contribution in [0.5, 0.6) is 0 Å². The molecule has 2 fully saturated rings. The maximum absolute atomic E-state index is 12.2. The fourth-order valence-electron chi connectivity index (χ4n) is 3.01. The Labute approximate surface area is 127 Å². The van der Waals surface area contributed by atoms with E-state index in [9.17, 15) is 8.42 Å². The van der Waals surface area contributed by atoms with E-state index in [1.807, 2.05) is 0 Å². The van der Waals surface area contributed by atoms with Crippen LogP contribution in [0.15, 0.2) is 4.99 Å². The topological polar surface area (TPSA) is 85.0 Å². The van der Waals surface area contributed by atoms with Crippen LogP contribution >= 0.6 is 0 Å². The molecule has 0 spiro atoms. The molecule has 0 bridgehead atoms. The summed E-state index contributed by atoms with van der Waals surface area (Å²) in [5.74, 6) is 0.492. The SMILES string of the molecule is CS(=O)(=O)C1(CN=C(N)N2CCCCCC2)CCOCC1. The zero-order chi connectivity index (χ0) is 15.3. The van der Waals surface area contributed by atoms with E-state index < -0.39 is 14.6 Å². The van der Waals surface area contributed by atoms with Gasteiger partial charge in [0, 0.05) is 32.6 Å². The second kappa shape index (κ2) is 6.96. The summed E-state index contributed by atoms with van der Waals surface area (Å²) >= 11 is 0. The molecule has 0 amide bonds. The summed E-state index contributed by atoms with van der Waals surface area (Å²) in [6.45, 7) is 3.05. The number of hydrogen-bond donors (Lipinski definition) is 1. The van der Waals surface area contributed by atoms with Gasteiger partial charge in [-0.15, -0.1) is 0 Å². The summed E-state index contributed by atoms with van der Waals surface area (Å²) in [7, 11) is -3.18. The van der Waals surface area contributed by atoms with Crippen molar-refractivity contribution in [3.63, 3.8) is 0 Å². The molecule has 2 N–H and O–H groups in total. The smallest absolute Gasteiger partial charge is 0.191 e. The molecule has 0 saturated carbocycles. The molecule has 21 heavy (non-hydrogen) atoms. The van der Waals surface area contributed by atoms with E-state index in [-0.39, 0.29) is 6.54 Å². The molecule has 2 saturated heterocycles. The van der Waals surface area contributed by atoms with Crippen molar-refractivity contribution >= 4 is 15.8 Å². The first-order valence-electron chi connectivity index (χ1n) is 7.77. The highest BCUT2D eigenvalue weighted by atomic mass is 32.2. The van der Waals surface area contributed by atoms with Crippen molar-refractivity contribution in [2.45, 2.75) is 43.3 Å². The van der Waals surface area contributed by atoms with Gasteiger partial charge in [-0.2, -0.15) is 0 Å². The number of aliphatic imine (C=N–C) groups is 1. The van der Waals surface area contributed by atoms with Gasteiger partial charge in [-0.1, -0.05) is 12.8 Å². The van der Waals surface area contributed by atoms with Crippen molar-refractivity contribution in [3.05, 3.63) is 0 Å². The predicted octanol–water partition coefficient (Wildman–Crippen LogP) is 0.771. The number of likely N-dealkylation sites (tertiary alicyclic amines) is 1. The molecule has 2 rings (SSSR count). The molecule has 7 heteroatoms. The Balaban J connectivity index is 2.08. The van der Waals surface area contributed by atoms with Crippen LogP contribution in [0, 0.1) is 0 Å². The second-order valence-electron chi connectivity index (χ2n) is 6.14. The number of rotatable bonds is 3. The van der Waals surface area contributed by atoms with E-state index in [4.69, 9.17) is 10.5 Å². The lowest BCUT2D eigenvalue weighted by molar-refractivity contribution is 0.0767. The van der Waals surface area contributed by atoms with Crippen molar-refractivity contribution in [3.8, 4) is 0 Å². The Bertz CT molecular complexity index is 462. The van der Waals surface area contributed by atoms with E-state index in [1.165, 1.54) is 19.1 Å². The molecule has 2 aliphatic rings. The Morgan fingerprint density at radius 3 is 2.29 bits per heavy atom. The number of guanidine groups is 1. The van der Waals surface area contributed by atoms with E-state index in [0.717, 1.165) is 25.9 Å². The molecular weight excluding hydrogens is 290 g/mol. The van der Waals surface area contributed by atoms with Gasteiger partial charge in [-0.3, -0.25) is 4.99 Å². The van der Waals surface area contributed by atoms with Crippen LogP contribution in [-0.2, 0) is 14.6 Å². The highest BCUT2D eigenvalue weighted by molar-refractivity contribution is 7.92. The Hall–Kier alpha value is -0.820. The van der Waals surface area contributed by atoms with Crippen LogP contribution in [0.25, 0.3) is 0 Å². The van der Waals surface area contributed by atoms with E-state index in [0.29, 0.717) is 32.0 Å². The average molecular weight is 317 g/mol. The molecule has 0 aliphatic carbocycles. The maximum atomic E-state index is 12.2. The second-order valence-corrected chi connectivity index (χ2v) is 8.55. The van der Waals surface area contributed by atoms with Gasteiger partial charge in [-0.25, -0.2) is 8.42 Å². The van der Waals surface area contributed by atoms with Crippen LogP contribution in [-0.4, -0.2) is 63.1 Å². The quantitative estimate of drug-likeness (QED) is 0.614. The van der Waals surface area contributed by atoms with Crippen LogP contribution in [0.1, 0.15) is 38.5 Å². The van der Waals surface area contributed by atoms with Gasteiger partial charge in [0.2, 0.25) is 0 Å². The average Bonchev–Trinajstić information content (AvgIpc) is 2.74. The van der Waals surface area contributed by atoms with Crippen molar-refractivity contribution < 1.29 is 13.2 Å². The van der Waals surface area contributed by atoms with Crippen molar-refractivity contribution in [1.82, 2.24) is 4.90 Å². The van der Waals surface area contributed by atoms with Crippen LogP contribution in [0.4, 0.5) is 0 Å². The molecule has 6 nitrogen and oxygen atoms in total. The normalized spacial score (nSPS) is 24.6. The van der Waals surface area contributed by atoms with Crippen molar-refractivity contribution in [2.24, 2.45) is 10.7 Å². The standard InChI is InChI=1S/C14H27N3O3S/c1-21(18,19)14(6-10-20-11-7-14)12-16-13(15)17-8-4-2-3-5-9-17/h2-12H2,1H3,(H2,15,16). The monoisotopic (exact) mass is 317 g/mol. The van der Waals surface area contributed by atoms with Gasteiger partial charge in [-0.05, 0) is 25.7 Å². The summed E-state index contributed by atoms with van der Waals surface area (Å²) < 4.78 is 28.8. The van der Waals surface area contributed by atoms with Gasteiger partial charge in [0.05, 0.1) is 11.3 Å². The number of hydrogen-bond acceptors (Lipinski definition) is 4.